The van der Waals surface area contributed by atoms with Crippen LogP contribution in [-0.4, -0.2) is 23.0 Å². The van der Waals surface area contributed by atoms with Crippen molar-refractivity contribution in [1.82, 2.24) is 4.90 Å². The molecular formula is C15H21Cl2N3. The van der Waals surface area contributed by atoms with Gasteiger partial charge in [-0.25, -0.2) is 0 Å². The second kappa shape index (κ2) is 7.28. The molecule has 0 saturated carbocycles. The summed E-state index contributed by atoms with van der Waals surface area (Å²) in [6.07, 6.45) is 4.84. The lowest BCUT2D eigenvalue weighted by atomic mass is 9.97. The van der Waals surface area contributed by atoms with Gasteiger partial charge in [0.15, 0.2) is 0 Å². The highest BCUT2D eigenvalue weighted by molar-refractivity contribution is 5.85. The van der Waals surface area contributed by atoms with Gasteiger partial charge in [0.1, 0.15) is 0 Å². The van der Waals surface area contributed by atoms with Crippen LogP contribution in [0.15, 0.2) is 24.3 Å². The molecule has 2 saturated heterocycles. The Morgan fingerprint density at radius 2 is 1.85 bits per heavy atom. The van der Waals surface area contributed by atoms with Crippen LogP contribution < -0.4 is 5.73 Å². The van der Waals surface area contributed by atoms with E-state index in [0.29, 0.717) is 18.1 Å². The Kier molecular flexibility index (Phi) is 6.29. The number of benzene rings is 1. The van der Waals surface area contributed by atoms with Crippen LogP contribution in [0.1, 0.15) is 36.8 Å². The molecule has 2 fully saturated rings. The molecule has 2 N–H and O–H groups in total. The van der Waals surface area contributed by atoms with E-state index in [2.05, 4.69) is 17.0 Å². The van der Waals surface area contributed by atoms with Crippen molar-refractivity contribution in [3.8, 4) is 6.07 Å². The van der Waals surface area contributed by atoms with Crippen LogP contribution in [0, 0.1) is 11.3 Å². The van der Waals surface area contributed by atoms with Crippen molar-refractivity contribution in [2.45, 2.75) is 50.4 Å². The number of halogens is 2. The minimum absolute atomic E-state index is 0. The summed E-state index contributed by atoms with van der Waals surface area (Å²) in [6, 6.07) is 11.9. The van der Waals surface area contributed by atoms with E-state index in [9.17, 15) is 0 Å². The Labute approximate surface area is 133 Å². The van der Waals surface area contributed by atoms with Crippen LogP contribution in [0.5, 0.6) is 0 Å². The van der Waals surface area contributed by atoms with Gasteiger partial charge in [-0.3, -0.25) is 4.90 Å². The Balaban J connectivity index is 0.000001000. The number of nitriles is 1. The summed E-state index contributed by atoms with van der Waals surface area (Å²) in [6.45, 7) is 0.970. The van der Waals surface area contributed by atoms with E-state index in [1.54, 1.807) is 0 Å². The molecule has 0 aromatic heterocycles. The summed E-state index contributed by atoms with van der Waals surface area (Å²) < 4.78 is 0. The smallest absolute Gasteiger partial charge is 0.0991 e. The van der Waals surface area contributed by atoms with Crippen molar-refractivity contribution >= 4 is 24.8 Å². The normalized spacial score (nSPS) is 28.1. The summed E-state index contributed by atoms with van der Waals surface area (Å²) in [7, 11) is 0. The molecule has 3 rings (SSSR count). The third kappa shape index (κ3) is 3.45. The van der Waals surface area contributed by atoms with Gasteiger partial charge in [-0.1, -0.05) is 12.1 Å². The monoisotopic (exact) mass is 313 g/mol. The van der Waals surface area contributed by atoms with E-state index in [0.717, 1.165) is 24.9 Å². The van der Waals surface area contributed by atoms with Crippen LogP contribution in [0.4, 0.5) is 0 Å². The minimum Gasteiger partial charge on any atom is -0.328 e. The zero-order valence-electron chi connectivity index (χ0n) is 11.4. The van der Waals surface area contributed by atoms with Crippen molar-refractivity contribution in [2.24, 2.45) is 5.73 Å². The average molecular weight is 314 g/mol. The van der Waals surface area contributed by atoms with E-state index in [4.69, 9.17) is 11.0 Å². The fourth-order valence-electron chi connectivity index (χ4n) is 3.52. The van der Waals surface area contributed by atoms with Gasteiger partial charge in [0.25, 0.3) is 0 Å². The molecule has 2 heterocycles. The standard InChI is InChI=1S/C15H19N3.2ClH/c16-9-11-2-1-3-12(6-11)10-18-14-4-5-15(18)8-13(17)7-14;;/h1-3,6,13-15H,4-5,7-8,10,17H2;2*1H/t13-,14+,15-;;. The molecule has 20 heavy (non-hydrogen) atoms. The molecule has 0 aliphatic carbocycles. The lowest BCUT2D eigenvalue weighted by molar-refractivity contribution is 0.120. The fraction of sp³-hybridized carbons (Fsp3) is 0.533. The van der Waals surface area contributed by atoms with Gasteiger partial charge < -0.3 is 5.73 Å². The highest BCUT2D eigenvalue weighted by Crippen LogP contribution is 2.36. The first-order chi connectivity index (χ1) is 8.76. The highest BCUT2D eigenvalue weighted by Gasteiger charge is 2.39. The van der Waals surface area contributed by atoms with Gasteiger partial charge in [-0.2, -0.15) is 5.26 Å². The molecule has 5 heteroatoms. The fourth-order valence-corrected chi connectivity index (χ4v) is 3.52. The maximum absolute atomic E-state index is 8.94. The van der Waals surface area contributed by atoms with Gasteiger partial charge >= 0.3 is 0 Å². The number of hydrogen-bond donors (Lipinski definition) is 1. The lowest BCUT2D eigenvalue weighted by Crippen LogP contribution is -2.46. The summed E-state index contributed by atoms with van der Waals surface area (Å²) in [5, 5.41) is 8.94. The number of rotatable bonds is 2. The first kappa shape index (κ1) is 17.3. The molecule has 1 aromatic carbocycles. The molecule has 0 amide bonds. The second-order valence-electron chi connectivity index (χ2n) is 5.60. The molecule has 0 radical (unpaired) electrons. The number of nitrogens with two attached hydrogens (primary N) is 1. The Hall–Kier alpha value is -0.790. The van der Waals surface area contributed by atoms with E-state index in [-0.39, 0.29) is 24.8 Å². The average Bonchev–Trinajstić information content (AvgIpc) is 2.62. The Bertz CT molecular complexity index is 472. The zero-order valence-corrected chi connectivity index (χ0v) is 13.0. The predicted octanol–water partition coefficient (Wildman–Crippen LogP) is 2.86. The molecule has 0 spiro atoms. The first-order valence-electron chi connectivity index (χ1n) is 6.76. The summed E-state index contributed by atoms with van der Waals surface area (Å²) >= 11 is 0. The van der Waals surface area contributed by atoms with Crippen LogP contribution in [0.2, 0.25) is 0 Å². The Morgan fingerprint density at radius 3 is 2.45 bits per heavy atom. The summed E-state index contributed by atoms with van der Waals surface area (Å²) in [5.41, 5.74) is 8.10. The number of fused-ring (bicyclic) bond motifs is 2. The van der Waals surface area contributed by atoms with E-state index in [1.807, 2.05) is 18.2 Å². The second-order valence-corrected chi connectivity index (χ2v) is 5.60. The molecule has 110 valence electrons. The van der Waals surface area contributed by atoms with Crippen molar-refractivity contribution in [3.05, 3.63) is 35.4 Å². The molecule has 0 unspecified atom stereocenters. The third-order valence-corrected chi connectivity index (χ3v) is 4.34. The van der Waals surface area contributed by atoms with Crippen LogP contribution in [0.3, 0.4) is 0 Å². The molecule has 2 bridgehead atoms. The molecule has 2 aliphatic heterocycles. The molecule has 3 atom stereocenters. The van der Waals surface area contributed by atoms with Crippen molar-refractivity contribution in [3.63, 3.8) is 0 Å². The van der Waals surface area contributed by atoms with Gasteiger partial charge in [0.2, 0.25) is 0 Å². The lowest BCUT2D eigenvalue weighted by Gasteiger charge is -2.37. The number of hydrogen-bond acceptors (Lipinski definition) is 3. The van der Waals surface area contributed by atoms with Crippen molar-refractivity contribution < 1.29 is 0 Å². The molecule has 3 nitrogen and oxygen atoms in total. The third-order valence-electron chi connectivity index (χ3n) is 4.34. The van der Waals surface area contributed by atoms with Crippen LogP contribution in [-0.2, 0) is 6.54 Å². The van der Waals surface area contributed by atoms with Crippen molar-refractivity contribution in [1.29, 1.82) is 5.26 Å². The van der Waals surface area contributed by atoms with Crippen LogP contribution in [0.25, 0.3) is 0 Å². The zero-order chi connectivity index (χ0) is 12.5. The van der Waals surface area contributed by atoms with Gasteiger partial charge in [0.05, 0.1) is 11.6 Å². The van der Waals surface area contributed by atoms with Gasteiger partial charge in [0, 0.05) is 24.7 Å². The van der Waals surface area contributed by atoms with Gasteiger partial charge in [-0.15, -0.1) is 24.8 Å². The van der Waals surface area contributed by atoms with Crippen molar-refractivity contribution in [2.75, 3.05) is 0 Å². The number of piperidine rings is 1. The summed E-state index contributed by atoms with van der Waals surface area (Å²) in [5.74, 6) is 0. The molecular weight excluding hydrogens is 293 g/mol. The number of nitrogens with zero attached hydrogens (tertiary/aromatic N) is 2. The van der Waals surface area contributed by atoms with E-state index in [1.165, 1.54) is 18.4 Å². The molecule has 2 aliphatic rings. The Morgan fingerprint density at radius 1 is 1.20 bits per heavy atom. The predicted molar refractivity (Wildman–Crippen MR) is 85.2 cm³/mol. The topological polar surface area (TPSA) is 53.0 Å². The summed E-state index contributed by atoms with van der Waals surface area (Å²) in [4.78, 5) is 2.60. The maximum atomic E-state index is 8.94. The first-order valence-corrected chi connectivity index (χ1v) is 6.76. The van der Waals surface area contributed by atoms with Crippen LogP contribution >= 0.6 is 24.8 Å². The highest BCUT2D eigenvalue weighted by atomic mass is 35.5. The minimum atomic E-state index is 0. The van der Waals surface area contributed by atoms with Gasteiger partial charge in [-0.05, 0) is 43.4 Å². The quantitative estimate of drug-likeness (QED) is 0.913. The molecule has 1 aromatic rings. The van der Waals surface area contributed by atoms with E-state index < -0.39 is 0 Å². The maximum Gasteiger partial charge on any atom is 0.0991 e. The van der Waals surface area contributed by atoms with E-state index >= 15 is 0 Å². The SMILES string of the molecule is Cl.Cl.N#Cc1cccc(CN2[C@@H]3CC[C@H]2C[C@@H](N)C3)c1. The largest absolute Gasteiger partial charge is 0.328 e.